The van der Waals surface area contributed by atoms with Gasteiger partial charge in [-0.15, -0.1) is 0 Å². The van der Waals surface area contributed by atoms with Crippen molar-refractivity contribution in [1.82, 2.24) is 9.03 Å². The lowest BCUT2D eigenvalue weighted by atomic mass is 10.1. The van der Waals surface area contributed by atoms with E-state index < -0.39 is 15.8 Å². The summed E-state index contributed by atoms with van der Waals surface area (Å²) in [5, 5.41) is 0. The maximum atomic E-state index is 12.2. The van der Waals surface area contributed by atoms with E-state index in [0.29, 0.717) is 26.2 Å². The molecule has 0 spiro atoms. The van der Waals surface area contributed by atoms with Crippen molar-refractivity contribution < 1.29 is 13.2 Å². The van der Waals surface area contributed by atoms with E-state index in [9.17, 15) is 8.42 Å². The average Bonchev–Trinajstić information content (AvgIpc) is 2.24. The summed E-state index contributed by atoms with van der Waals surface area (Å²) >= 11 is 0. The van der Waals surface area contributed by atoms with Gasteiger partial charge in [0, 0.05) is 26.2 Å². The molecule has 0 radical (unpaired) electrons. The van der Waals surface area contributed by atoms with Crippen LogP contribution in [0, 0.1) is 5.92 Å². The van der Waals surface area contributed by atoms with E-state index in [4.69, 9.17) is 10.5 Å². The lowest BCUT2D eigenvalue weighted by Gasteiger charge is -2.41. The lowest BCUT2D eigenvalue weighted by molar-refractivity contribution is -0.113. The Labute approximate surface area is 110 Å². The number of hydrogen-bond donors (Lipinski definition) is 2. The fourth-order valence-electron chi connectivity index (χ4n) is 1.91. The summed E-state index contributed by atoms with van der Waals surface area (Å²) in [7, 11) is -3.44. The van der Waals surface area contributed by atoms with Crippen LogP contribution in [-0.2, 0) is 14.9 Å². The molecule has 1 aliphatic rings. The number of nitrogens with one attached hydrogen (secondary N) is 1. The topological polar surface area (TPSA) is 84.7 Å². The predicted molar refractivity (Wildman–Crippen MR) is 71.3 cm³/mol. The highest BCUT2D eigenvalue weighted by molar-refractivity contribution is 7.87. The summed E-state index contributed by atoms with van der Waals surface area (Å²) in [5.74, 6) is 0.277. The van der Waals surface area contributed by atoms with Crippen molar-refractivity contribution in [2.24, 2.45) is 11.7 Å². The first-order chi connectivity index (χ1) is 8.16. The number of nitrogens with zero attached hydrogens (tertiary/aromatic N) is 1. The van der Waals surface area contributed by atoms with Crippen molar-refractivity contribution in [2.75, 3.05) is 26.2 Å². The molecule has 7 heteroatoms. The van der Waals surface area contributed by atoms with Crippen LogP contribution in [0.25, 0.3) is 0 Å². The van der Waals surface area contributed by atoms with Crippen molar-refractivity contribution in [3.05, 3.63) is 0 Å². The molecule has 108 valence electrons. The molecule has 0 aromatic heterocycles. The molecular formula is C11H25N3O3S. The number of nitrogens with two attached hydrogens (primary N) is 1. The van der Waals surface area contributed by atoms with Crippen LogP contribution in [-0.4, -0.2) is 50.6 Å². The SMILES string of the molecule is CC(C)CNS(=O)(=O)N1CC(CN)OC(C)(C)C1. The second-order valence-corrected chi connectivity index (χ2v) is 7.53. The summed E-state index contributed by atoms with van der Waals surface area (Å²) in [6.07, 6.45) is -0.246. The van der Waals surface area contributed by atoms with Crippen LogP contribution in [0.5, 0.6) is 0 Å². The van der Waals surface area contributed by atoms with E-state index in [0.717, 1.165) is 0 Å². The second-order valence-electron chi connectivity index (χ2n) is 5.78. The molecule has 1 aliphatic heterocycles. The van der Waals surface area contributed by atoms with Gasteiger partial charge in [0.2, 0.25) is 0 Å². The Morgan fingerprint density at radius 3 is 2.61 bits per heavy atom. The Hall–Kier alpha value is -0.210. The van der Waals surface area contributed by atoms with Crippen LogP contribution in [0.3, 0.4) is 0 Å². The van der Waals surface area contributed by atoms with Crippen molar-refractivity contribution in [3.8, 4) is 0 Å². The Balaban J connectivity index is 2.74. The normalized spacial score (nSPS) is 25.6. The molecule has 1 unspecified atom stereocenters. The molecule has 1 rings (SSSR count). The van der Waals surface area contributed by atoms with Gasteiger partial charge in [0.25, 0.3) is 10.2 Å². The van der Waals surface area contributed by atoms with Crippen LogP contribution in [0.4, 0.5) is 0 Å². The zero-order valence-electron chi connectivity index (χ0n) is 11.6. The monoisotopic (exact) mass is 279 g/mol. The molecule has 1 heterocycles. The van der Waals surface area contributed by atoms with E-state index >= 15 is 0 Å². The minimum Gasteiger partial charge on any atom is -0.368 e. The largest absolute Gasteiger partial charge is 0.368 e. The van der Waals surface area contributed by atoms with Gasteiger partial charge in [-0.1, -0.05) is 13.8 Å². The predicted octanol–water partition coefficient (Wildman–Crippen LogP) is -0.0851. The van der Waals surface area contributed by atoms with E-state index in [1.165, 1.54) is 4.31 Å². The Morgan fingerprint density at radius 1 is 1.50 bits per heavy atom. The Morgan fingerprint density at radius 2 is 2.11 bits per heavy atom. The fourth-order valence-corrected chi connectivity index (χ4v) is 3.48. The molecule has 1 atom stereocenters. The quantitative estimate of drug-likeness (QED) is 0.737. The smallest absolute Gasteiger partial charge is 0.279 e. The van der Waals surface area contributed by atoms with Crippen LogP contribution in [0.1, 0.15) is 27.7 Å². The minimum atomic E-state index is -3.44. The highest BCUT2D eigenvalue weighted by Crippen LogP contribution is 2.22. The van der Waals surface area contributed by atoms with E-state index in [1.807, 2.05) is 27.7 Å². The zero-order valence-corrected chi connectivity index (χ0v) is 12.5. The zero-order chi connectivity index (χ0) is 14.0. The van der Waals surface area contributed by atoms with E-state index in [1.54, 1.807) is 0 Å². The van der Waals surface area contributed by atoms with Crippen molar-refractivity contribution in [3.63, 3.8) is 0 Å². The van der Waals surface area contributed by atoms with Gasteiger partial charge in [-0.2, -0.15) is 12.7 Å². The highest BCUT2D eigenvalue weighted by atomic mass is 32.2. The standard InChI is InChI=1S/C11H25N3O3S/c1-9(2)6-13-18(15,16)14-7-10(5-12)17-11(3,4)8-14/h9-10,13H,5-8,12H2,1-4H3. The molecular weight excluding hydrogens is 254 g/mol. The number of hydrogen-bond acceptors (Lipinski definition) is 4. The first-order valence-corrected chi connectivity index (χ1v) is 7.73. The van der Waals surface area contributed by atoms with Gasteiger partial charge >= 0.3 is 0 Å². The fraction of sp³-hybridized carbons (Fsp3) is 1.00. The van der Waals surface area contributed by atoms with Crippen LogP contribution in [0.15, 0.2) is 0 Å². The summed E-state index contributed by atoms with van der Waals surface area (Å²) in [4.78, 5) is 0. The van der Waals surface area contributed by atoms with Gasteiger partial charge in [-0.25, -0.2) is 4.72 Å². The Bertz CT molecular complexity index is 368. The first-order valence-electron chi connectivity index (χ1n) is 6.29. The molecule has 0 aromatic rings. The van der Waals surface area contributed by atoms with Gasteiger partial charge in [0.1, 0.15) is 0 Å². The number of morpholine rings is 1. The number of ether oxygens (including phenoxy) is 1. The molecule has 0 amide bonds. The molecule has 0 aromatic carbocycles. The maximum Gasteiger partial charge on any atom is 0.279 e. The summed E-state index contributed by atoms with van der Waals surface area (Å²) in [6.45, 7) is 9.10. The van der Waals surface area contributed by atoms with Crippen molar-refractivity contribution in [2.45, 2.75) is 39.4 Å². The summed E-state index contributed by atoms with van der Waals surface area (Å²) in [5.41, 5.74) is 5.08. The summed E-state index contributed by atoms with van der Waals surface area (Å²) < 4.78 is 34.1. The minimum absolute atomic E-state index is 0.246. The number of rotatable bonds is 5. The molecule has 1 saturated heterocycles. The van der Waals surface area contributed by atoms with Crippen LogP contribution < -0.4 is 10.5 Å². The molecule has 6 nitrogen and oxygen atoms in total. The van der Waals surface area contributed by atoms with E-state index in [2.05, 4.69) is 4.72 Å². The Kier molecular flexibility index (Phi) is 5.13. The molecule has 0 bridgehead atoms. The summed E-state index contributed by atoms with van der Waals surface area (Å²) in [6, 6.07) is 0. The molecule has 3 N–H and O–H groups in total. The van der Waals surface area contributed by atoms with Crippen LogP contribution >= 0.6 is 0 Å². The lowest BCUT2D eigenvalue weighted by Crippen LogP contribution is -2.58. The molecule has 0 saturated carbocycles. The first kappa shape index (κ1) is 15.8. The molecule has 18 heavy (non-hydrogen) atoms. The van der Waals surface area contributed by atoms with Crippen LogP contribution in [0.2, 0.25) is 0 Å². The third-order valence-corrected chi connectivity index (χ3v) is 4.22. The third kappa shape index (κ3) is 4.47. The van der Waals surface area contributed by atoms with E-state index in [-0.39, 0.29) is 12.0 Å². The second kappa shape index (κ2) is 5.83. The van der Waals surface area contributed by atoms with Gasteiger partial charge in [-0.05, 0) is 19.8 Å². The molecule has 0 aliphatic carbocycles. The van der Waals surface area contributed by atoms with Gasteiger partial charge in [-0.3, -0.25) is 0 Å². The highest BCUT2D eigenvalue weighted by Gasteiger charge is 2.38. The average molecular weight is 279 g/mol. The van der Waals surface area contributed by atoms with Crippen molar-refractivity contribution in [1.29, 1.82) is 0 Å². The maximum absolute atomic E-state index is 12.2. The van der Waals surface area contributed by atoms with Gasteiger partial charge < -0.3 is 10.5 Å². The molecule has 1 fully saturated rings. The van der Waals surface area contributed by atoms with Gasteiger partial charge in [0.05, 0.1) is 11.7 Å². The van der Waals surface area contributed by atoms with Gasteiger partial charge in [0.15, 0.2) is 0 Å². The third-order valence-electron chi connectivity index (χ3n) is 2.73. The van der Waals surface area contributed by atoms with Crippen molar-refractivity contribution >= 4 is 10.2 Å².